The number of nitro groups is 1. The summed E-state index contributed by atoms with van der Waals surface area (Å²) in [5.74, 6) is -0.174. The van der Waals surface area contributed by atoms with Gasteiger partial charge in [-0.15, -0.1) is 12.4 Å². The van der Waals surface area contributed by atoms with Crippen LogP contribution in [0.2, 0.25) is 5.02 Å². The summed E-state index contributed by atoms with van der Waals surface area (Å²) in [5, 5.41) is 18.8. The Morgan fingerprint density at radius 1 is 1.48 bits per heavy atom. The Kier molecular flexibility index (Phi) is 6.80. The molecule has 0 aliphatic carbocycles. The number of aromatic nitrogens is 2. The monoisotopic (exact) mass is 413 g/mol. The fourth-order valence-corrected chi connectivity index (χ4v) is 3.51. The Morgan fingerprint density at radius 2 is 2.22 bits per heavy atom. The van der Waals surface area contributed by atoms with E-state index in [0.29, 0.717) is 23.7 Å². The van der Waals surface area contributed by atoms with E-state index in [4.69, 9.17) is 11.6 Å². The third-order valence-electron chi connectivity index (χ3n) is 4.71. The first-order valence-corrected chi connectivity index (χ1v) is 8.61. The van der Waals surface area contributed by atoms with E-state index in [-0.39, 0.29) is 42.4 Å². The van der Waals surface area contributed by atoms with Gasteiger partial charge < -0.3 is 10.2 Å². The van der Waals surface area contributed by atoms with Crippen LogP contribution in [-0.2, 0) is 18.4 Å². The Hall–Kier alpha value is -2.16. The van der Waals surface area contributed by atoms with Crippen LogP contribution < -0.4 is 5.32 Å². The number of carbonyl (C=O) groups excluding carboxylic acids is 1. The Labute approximate surface area is 168 Å². The number of hydrogen-bond donors (Lipinski definition) is 1. The van der Waals surface area contributed by atoms with Crippen molar-refractivity contribution in [3.8, 4) is 0 Å². The minimum atomic E-state index is -0.471. The number of halogens is 2. The minimum Gasteiger partial charge on any atom is -0.341 e. The smallest absolute Gasteiger partial charge is 0.269 e. The Bertz CT molecular complexity index is 842. The van der Waals surface area contributed by atoms with E-state index < -0.39 is 4.92 Å². The van der Waals surface area contributed by atoms with Gasteiger partial charge in [-0.3, -0.25) is 19.6 Å². The second-order valence-electron chi connectivity index (χ2n) is 6.55. The molecule has 1 fully saturated rings. The molecule has 2 atom stereocenters. The largest absolute Gasteiger partial charge is 0.341 e. The first kappa shape index (κ1) is 21.1. The maximum Gasteiger partial charge on any atom is 0.269 e. The molecule has 146 valence electrons. The van der Waals surface area contributed by atoms with Crippen LogP contribution in [-0.4, -0.2) is 45.6 Å². The lowest BCUT2D eigenvalue weighted by Gasteiger charge is -2.24. The van der Waals surface area contributed by atoms with Gasteiger partial charge in [0.15, 0.2) is 0 Å². The van der Waals surface area contributed by atoms with Gasteiger partial charge in [0, 0.05) is 63.0 Å². The third-order valence-corrected chi connectivity index (χ3v) is 5.08. The first-order chi connectivity index (χ1) is 12.4. The number of carbonyl (C=O) groups is 1. The van der Waals surface area contributed by atoms with Crippen molar-refractivity contribution in [1.29, 1.82) is 0 Å². The summed E-state index contributed by atoms with van der Waals surface area (Å²) >= 11 is 6.15. The highest BCUT2D eigenvalue weighted by Gasteiger charge is 2.36. The number of nitro benzene ring substituents is 1. The highest BCUT2D eigenvalue weighted by atomic mass is 35.5. The summed E-state index contributed by atoms with van der Waals surface area (Å²) < 4.78 is 1.72. The van der Waals surface area contributed by atoms with Crippen LogP contribution in [0.25, 0.3) is 0 Å². The molecule has 1 aromatic carbocycles. The normalized spacial score (nSPS) is 18.8. The maximum atomic E-state index is 13.0. The lowest BCUT2D eigenvalue weighted by Crippen LogP contribution is -2.35. The van der Waals surface area contributed by atoms with Crippen molar-refractivity contribution in [2.75, 3.05) is 20.1 Å². The number of aryl methyl sites for hydroxylation is 1. The van der Waals surface area contributed by atoms with Crippen LogP contribution in [0.5, 0.6) is 0 Å². The van der Waals surface area contributed by atoms with Crippen LogP contribution in [0.15, 0.2) is 30.6 Å². The zero-order valence-corrected chi connectivity index (χ0v) is 16.5. The second kappa shape index (κ2) is 8.69. The highest BCUT2D eigenvalue weighted by molar-refractivity contribution is 6.31. The standard InChI is InChI=1S/C17H20ClN5O3.ClH/c1-21(9-11-5-13(23(25)26)3-4-16(11)18)17(24)15-8-19-7-14(15)12-6-20-22(2)10-12;/h3-6,10,14-15,19H,7-9H2,1-2H3;1H/t14-,15+;/m1./s1. The van der Waals surface area contributed by atoms with Gasteiger partial charge in [0.1, 0.15) is 0 Å². The molecule has 2 aromatic rings. The molecule has 0 radical (unpaired) electrons. The topological polar surface area (TPSA) is 93.3 Å². The lowest BCUT2D eigenvalue weighted by molar-refractivity contribution is -0.384. The van der Waals surface area contributed by atoms with Crippen molar-refractivity contribution in [3.05, 3.63) is 56.9 Å². The van der Waals surface area contributed by atoms with Crippen molar-refractivity contribution in [2.45, 2.75) is 12.5 Å². The molecule has 2 heterocycles. The fourth-order valence-electron chi connectivity index (χ4n) is 3.33. The van der Waals surface area contributed by atoms with Gasteiger partial charge in [0.05, 0.1) is 17.0 Å². The molecule has 1 saturated heterocycles. The van der Waals surface area contributed by atoms with E-state index in [1.807, 2.05) is 13.2 Å². The molecule has 10 heteroatoms. The zero-order chi connectivity index (χ0) is 18.8. The summed E-state index contributed by atoms with van der Waals surface area (Å²) in [6.07, 6.45) is 3.71. The zero-order valence-electron chi connectivity index (χ0n) is 15.0. The van der Waals surface area contributed by atoms with E-state index >= 15 is 0 Å². The predicted octanol–water partition coefficient (Wildman–Crippen LogP) is 2.37. The molecule has 1 amide bonds. The first-order valence-electron chi connectivity index (χ1n) is 8.24. The Morgan fingerprint density at radius 3 is 2.85 bits per heavy atom. The third kappa shape index (κ3) is 4.58. The number of nitrogens with zero attached hydrogens (tertiary/aromatic N) is 4. The molecule has 1 aromatic heterocycles. The van der Waals surface area contributed by atoms with E-state index in [2.05, 4.69) is 10.4 Å². The van der Waals surface area contributed by atoms with E-state index in [9.17, 15) is 14.9 Å². The summed E-state index contributed by atoms with van der Waals surface area (Å²) in [4.78, 5) is 25.0. The predicted molar refractivity (Wildman–Crippen MR) is 104 cm³/mol. The summed E-state index contributed by atoms with van der Waals surface area (Å²) in [6, 6.07) is 4.26. The van der Waals surface area contributed by atoms with Crippen molar-refractivity contribution in [3.63, 3.8) is 0 Å². The van der Waals surface area contributed by atoms with Gasteiger partial charge in [-0.2, -0.15) is 5.10 Å². The minimum absolute atomic E-state index is 0. The van der Waals surface area contributed by atoms with E-state index in [1.54, 1.807) is 22.8 Å². The Balaban J connectivity index is 0.00000261. The molecule has 0 spiro atoms. The summed E-state index contributed by atoms with van der Waals surface area (Å²) in [7, 11) is 3.54. The molecule has 0 unspecified atom stereocenters. The molecular weight excluding hydrogens is 393 g/mol. The number of benzene rings is 1. The number of nitrogens with one attached hydrogen (secondary N) is 1. The summed E-state index contributed by atoms with van der Waals surface area (Å²) in [5.41, 5.74) is 1.54. The number of non-ortho nitro benzene ring substituents is 1. The van der Waals surface area contributed by atoms with Crippen LogP contribution >= 0.6 is 24.0 Å². The van der Waals surface area contributed by atoms with E-state index in [1.165, 1.54) is 18.2 Å². The number of hydrogen-bond acceptors (Lipinski definition) is 5. The number of amides is 1. The average Bonchev–Trinajstić information content (AvgIpc) is 3.24. The van der Waals surface area contributed by atoms with Crippen LogP contribution in [0.1, 0.15) is 17.0 Å². The van der Waals surface area contributed by atoms with Crippen molar-refractivity contribution in [1.82, 2.24) is 20.0 Å². The van der Waals surface area contributed by atoms with Gasteiger partial charge in [-0.25, -0.2) is 0 Å². The average molecular weight is 414 g/mol. The molecule has 3 rings (SSSR count). The molecule has 8 nitrogen and oxygen atoms in total. The van der Waals surface area contributed by atoms with Gasteiger partial charge in [-0.05, 0) is 17.2 Å². The lowest BCUT2D eigenvalue weighted by atomic mass is 9.90. The van der Waals surface area contributed by atoms with Gasteiger partial charge in [0.25, 0.3) is 5.69 Å². The quantitative estimate of drug-likeness (QED) is 0.599. The van der Waals surface area contributed by atoms with Crippen molar-refractivity contribution < 1.29 is 9.72 Å². The van der Waals surface area contributed by atoms with Crippen LogP contribution in [0.3, 0.4) is 0 Å². The van der Waals surface area contributed by atoms with Crippen LogP contribution in [0, 0.1) is 16.0 Å². The molecule has 1 aliphatic rings. The molecule has 1 N–H and O–H groups in total. The molecule has 1 aliphatic heterocycles. The molecular formula is C17H21Cl2N5O3. The molecule has 0 bridgehead atoms. The van der Waals surface area contributed by atoms with Gasteiger partial charge >= 0.3 is 0 Å². The molecule has 27 heavy (non-hydrogen) atoms. The number of rotatable bonds is 5. The maximum absolute atomic E-state index is 13.0. The highest BCUT2D eigenvalue weighted by Crippen LogP contribution is 2.30. The van der Waals surface area contributed by atoms with Crippen LogP contribution in [0.4, 0.5) is 5.69 Å². The van der Waals surface area contributed by atoms with Crippen molar-refractivity contribution in [2.24, 2.45) is 13.0 Å². The summed E-state index contributed by atoms with van der Waals surface area (Å²) in [6.45, 7) is 1.52. The van der Waals surface area contributed by atoms with Gasteiger partial charge in [0.2, 0.25) is 5.91 Å². The molecule has 0 saturated carbocycles. The SMILES string of the molecule is CN(Cc1cc([N+](=O)[O-])ccc1Cl)C(=O)[C@H]1CNC[C@@H]1c1cnn(C)c1.Cl. The van der Waals surface area contributed by atoms with Crippen molar-refractivity contribution >= 4 is 35.6 Å². The van der Waals surface area contributed by atoms with Gasteiger partial charge in [-0.1, -0.05) is 11.6 Å². The second-order valence-corrected chi connectivity index (χ2v) is 6.95. The fraction of sp³-hybridized carbons (Fsp3) is 0.412. The van der Waals surface area contributed by atoms with E-state index in [0.717, 1.165) is 5.56 Å².